The molecule has 0 aromatic carbocycles. The molecule has 1 aromatic rings. The summed E-state index contributed by atoms with van der Waals surface area (Å²) in [5.41, 5.74) is 0. The lowest BCUT2D eigenvalue weighted by molar-refractivity contribution is 0.295. The van der Waals surface area contributed by atoms with E-state index in [0.29, 0.717) is 18.5 Å². The summed E-state index contributed by atoms with van der Waals surface area (Å²) in [4.78, 5) is 4.12. The maximum absolute atomic E-state index is 5.47. The largest absolute Gasteiger partial charge is 0.478 e. The summed E-state index contributed by atoms with van der Waals surface area (Å²) < 4.78 is 6.44. The van der Waals surface area contributed by atoms with E-state index < -0.39 is 0 Å². The maximum Gasteiger partial charge on any atom is 0.213 e. The van der Waals surface area contributed by atoms with Crippen LogP contribution in [0.25, 0.3) is 0 Å². The van der Waals surface area contributed by atoms with Gasteiger partial charge in [-0.25, -0.2) is 4.98 Å². The first kappa shape index (κ1) is 12.5. The summed E-state index contributed by atoms with van der Waals surface area (Å²) in [6, 6.07) is 4.32. The van der Waals surface area contributed by atoms with Crippen LogP contribution in [0, 0.1) is 0 Å². The smallest absolute Gasteiger partial charge is 0.213 e. The van der Waals surface area contributed by atoms with E-state index in [1.54, 1.807) is 6.20 Å². The van der Waals surface area contributed by atoms with E-state index >= 15 is 0 Å². The van der Waals surface area contributed by atoms with E-state index in [2.05, 4.69) is 40.1 Å². The summed E-state index contributed by atoms with van der Waals surface area (Å²) in [5, 5.41) is 3.33. The Labute approximate surface area is 99.4 Å². The molecule has 0 amide bonds. The van der Waals surface area contributed by atoms with Crippen molar-refractivity contribution in [3.8, 4) is 5.88 Å². The third-order valence-electron chi connectivity index (χ3n) is 1.82. The highest BCUT2D eigenvalue weighted by Crippen LogP contribution is 2.12. The van der Waals surface area contributed by atoms with Gasteiger partial charge < -0.3 is 10.1 Å². The first-order chi connectivity index (χ1) is 7.18. The molecular weight excluding hydrogens is 256 g/mol. The van der Waals surface area contributed by atoms with Crippen LogP contribution in [0.3, 0.4) is 0 Å². The Bertz CT molecular complexity index is 274. The fraction of sp³-hybridized carbons (Fsp3) is 0.545. The van der Waals surface area contributed by atoms with Crippen LogP contribution in [0.15, 0.2) is 22.8 Å². The van der Waals surface area contributed by atoms with Crippen LogP contribution in [0.4, 0.5) is 0 Å². The van der Waals surface area contributed by atoms with Crippen molar-refractivity contribution < 1.29 is 4.74 Å². The summed E-state index contributed by atoms with van der Waals surface area (Å²) in [6.07, 6.45) is 2.73. The third kappa shape index (κ3) is 5.74. The molecule has 0 aliphatic carbocycles. The van der Waals surface area contributed by atoms with E-state index in [0.717, 1.165) is 17.4 Å². The molecule has 0 saturated carbocycles. The van der Waals surface area contributed by atoms with Crippen molar-refractivity contribution in [1.29, 1.82) is 0 Å². The number of halogens is 1. The molecule has 15 heavy (non-hydrogen) atoms. The molecule has 4 heteroatoms. The zero-order valence-corrected chi connectivity index (χ0v) is 10.8. The summed E-state index contributed by atoms with van der Waals surface area (Å²) in [5.74, 6) is 0.683. The Morgan fingerprint density at radius 1 is 1.47 bits per heavy atom. The zero-order valence-electron chi connectivity index (χ0n) is 9.16. The molecule has 0 atom stereocenters. The first-order valence-electron chi connectivity index (χ1n) is 5.16. The molecule has 0 saturated heterocycles. The molecule has 0 bridgehead atoms. The van der Waals surface area contributed by atoms with Crippen molar-refractivity contribution in [1.82, 2.24) is 10.3 Å². The van der Waals surface area contributed by atoms with Crippen LogP contribution in [0.2, 0.25) is 0 Å². The SMILES string of the molecule is CC(C)NCCCOc1ccc(Br)cn1. The molecule has 0 aliphatic rings. The number of aromatic nitrogens is 1. The van der Waals surface area contributed by atoms with Crippen LogP contribution in [-0.2, 0) is 0 Å². The third-order valence-corrected chi connectivity index (χ3v) is 2.29. The predicted molar refractivity (Wildman–Crippen MR) is 65.2 cm³/mol. The molecule has 1 N–H and O–H groups in total. The van der Waals surface area contributed by atoms with Crippen molar-refractivity contribution >= 4 is 15.9 Å². The van der Waals surface area contributed by atoms with E-state index in [1.807, 2.05) is 12.1 Å². The van der Waals surface area contributed by atoms with Gasteiger partial charge in [0.25, 0.3) is 0 Å². The minimum Gasteiger partial charge on any atom is -0.478 e. The number of hydrogen-bond acceptors (Lipinski definition) is 3. The average molecular weight is 273 g/mol. The van der Waals surface area contributed by atoms with Gasteiger partial charge in [-0.1, -0.05) is 13.8 Å². The molecule has 0 aliphatic heterocycles. The Hall–Kier alpha value is -0.610. The predicted octanol–water partition coefficient (Wildman–Crippen LogP) is 2.61. The molecule has 1 heterocycles. The van der Waals surface area contributed by atoms with Crippen molar-refractivity contribution in [3.05, 3.63) is 22.8 Å². The lowest BCUT2D eigenvalue weighted by Crippen LogP contribution is -2.24. The standard InChI is InChI=1S/C11H17BrN2O/c1-9(2)13-6-3-7-15-11-5-4-10(12)8-14-11/h4-5,8-9,13H,3,6-7H2,1-2H3. The van der Waals surface area contributed by atoms with Crippen LogP contribution in [0.5, 0.6) is 5.88 Å². The van der Waals surface area contributed by atoms with E-state index in [4.69, 9.17) is 4.74 Å². The number of rotatable bonds is 6. The van der Waals surface area contributed by atoms with Gasteiger partial charge in [-0.3, -0.25) is 0 Å². The summed E-state index contributed by atoms with van der Waals surface area (Å²) >= 11 is 3.33. The lowest BCUT2D eigenvalue weighted by Gasteiger charge is -2.08. The van der Waals surface area contributed by atoms with Crippen LogP contribution < -0.4 is 10.1 Å². The quantitative estimate of drug-likeness (QED) is 0.809. The number of nitrogens with one attached hydrogen (secondary N) is 1. The topological polar surface area (TPSA) is 34.1 Å². The maximum atomic E-state index is 5.47. The minimum atomic E-state index is 0.538. The highest BCUT2D eigenvalue weighted by molar-refractivity contribution is 9.10. The van der Waals surface area contributed by atoms with Crippen molar-refractivity contribution in [2.45, 2.75) is 26.3 Å². The second-order valence-electron chi connectivity index (χ2n) is 3.63. The van der Waals surface area contributed by atoms with Gasteiger partial charge in [0, 0.05) is 22.8 Å². The fourth-order valence-corrected chi connectivity index (χ4v) is 1.32. The number of nitrogens with zero attached hydrogens (tertiary/aromatic N) is 1. The second-order valence-corrected chi connectivity index (χ2v) is 4.54. The Morgan fingerprint density at radius 3 is 2.87 bits per heavy atom. The van der Waals surface area contributed by atoms with Gasteiger partial charge in [-0.05, 0) is 35.0 Å². The zero-order chi connectivity index (χ0) is 11.1. The highest BCUT2D eigenvalue weighted by Gasteiger charge is 1.95. The Balaban J connectivity index is 2.12. The molecule has 0 radical (unpaired) electrons. The van der Waals surface area contributed by atoms with Gasteiger partial charge >= 0.3 is 0 Å². The van der Waals surface area contributed by atoms with E-state index in [-0.39, 0.29) is 0 Å². The molecular formula is C11H17BrN2O. The Morgan fingerprint density at radius 2 is 2.27 bits per heavy atom. The van der Waals surface area contributed by atoms with Gasteiger partial charge in [0.05, 0.1) is 6.61 Å². The average Bonchev–Trinajstić information content (AvgIpc) is 2.20. The van der Waals surface area contributed by atoms with Crippen LogP contribution in [-0.4, -0.2) is 24.2 Å². The summed E-state index contributed by atoms with van der Waals surface area (Å²) in [6.45, 7) is 5.96. The van der Waals surface area contributed by atoms with Crippen LogP contribution >= 0.6 is 15.9 Å². The van der Waals surface area contributed by atoms with Gasteiger partial charge in [0.2, 0.25) is 5.88 Å². The normalized spacial score (nSPS) is 10.7. The van der Waals surface area contributed by atoms with Gasteiger partial charge in [0.1, 0.15) is 0 Å². The van der Waals surface area contributed by atoms with Gasteiger partial charge in [-0.2, -0.15) is 0 Å². The number of pyridine rings is 1. The molecule has 3 nitrogen and oxygen atoms in total. The minimum absolute atomic E-state index is 0.538. The highest BCUT2D eigenvalue weighted by atomic mass is 79.9. The van der Waals surface area contributed by atoms with Crippen molar-refractivity contribution in [2.24, 2.45) is 0 Å². The van der Waals surface area contributed by atoms with Crippen LogP contribution in [0.1, 0.15) is 20.3 Å². The fourth-order valence-electron chi connectivity index (χ4n) is 1.09. The van der Waals surface area contributed by atoms with Crippen molar-refractivity contribution in [2.75, 3.05) is 13.2 Å². The molecule has 1 rings (SSSR count). The molecule has 84 valence electrons. The second kappa shape index (κ2) is 6.80. The van der Waals surface area contributed by atoms with Crippen molar-refractivity contribution in [3.63, 3.8) is 0 Å². The lowest BCUT2D eigenvalue weighted by atomic mass is 10.3. The number of ether oxygens (including phenoxy) is 1. The Kier molecular flexibility index (Phi) is 5.65. The van der Waals surface area contributed by atoms with E-state index in [9.17, 15) is 0 Å². The monoisotopic (exact) mass is 272 g/mol. The number of hydrogen-bond donors (Lipinski definition) is 1. The van der Waals surface area contributed by atoms with Gasteiger partial charge in [-0.15, -0.1) is 0 Å². The molecule has 0 fully saturated rings. The molecule has 0 spiro atoms. The molecule has 0 unspecified atom stereocenters. The summed E-state index contributed by atoms with van der Waals surface area (Å²) in [7, 11) is 0. The van der Waals surface area contributed by atoms with Gasteiger partial charge in [0.15, 0.2) is 0 Å². The molecule has 1 aromatic heterocycles. The first-order valence-corrected chi connectivity index (χ1v) is 5.95. The van der Waals surface area contributed by atoms with E-state index in [1.165, 1.54) is 0 Å².